The van der Waals surface area contributed by atoms with Gasteiger partial charge in [-0.25, -0.2) is 4.99 Å². The van der Waals surface area contributed by atoms with Gasteiger partial charge in [-0.15, -0.1) is 0 Å². The van der Waals surface area contributed by atoms with Crippen molar-refractivity contribution in [1.29, 1.82) is 0 Å². The van der Waals surface area contributed by atoms with Gasteiger partial charge in [-0.1, -0.05) is 15.9 Å². The van der Waals surface area contributed by atoms with E-state index < -0.39 is 0 Å². The summed E-state index contributed by atoms with van der Waals surface area (Å²) < 4.78 is 5.80. The first kappa shape index (κ1) is 20.3. The molecular weight excluding hydrogens is 820 g/mol. The minimum Gasteiger partial charge on any atom is -0.268 e. The Kier molecular flexibility index (Phi) is 5.06. The Morgan fingerprint density at radius 1 is 0.714 bits per heavy atom. The van der Waals surface area contributed by atoms with E-state index in [9.17, 15) is 4.79 Å². The van der Waals surface area contributed by atoms with Crippen molar-refractivity contribution in [2.75, 3.05) is 4.90 Å². The van der Waals surface area contributed by atoms with Crippen molar-refractivity contribution < 1.29 is 4.79 Å². The highest BCUT2D eigenvalue weighted by Gasteiger charge is 2.43. The van der Waals surface area contributed by atoms with E-state index in [1.807, 2.05) is 18.2 Å². The second kappa shape index (κ2) is 6.97. The quantitative estimate of drug-likeness (QED) is 0.165. The number of aliphatic imine (C=N–C) groups is 1. The average molecular weight is 823 g/mol. The summed E-state index contributed by atoms with van der Waals surface area (Å²) in [6.07, 6.45) is 0. The van der Waals surface area contributed by atoms with Gasteiger partial charge in [-0.2, -0.15) is 0 Å². The summed E-state index contributed by atoms with van der Waals surface area (Å²) in [6.45, 7) is 0. The first-order valence-electron chi connectivity index (χ1n) is 7.63. The average Bonchev–Trinajstić information content (AvgIpc) is 2.95. The predicted molar refractivity (Wildman–Crippen MR) is 137 cm³/mol. The monoisotopic (exact) mass is 815 g/mol. The molecule has 0 aromatic heterocycles. The number of benzene rings is 3. The molecule has 0 bridgehead atoms. The molecule has 0 fully saturated rings. The van der Waals surface area contributed by atoms with E-state index in [-0.39, 0.29) is 5.91 Å². The Morgan fingerprint density at radius 3 is 2.04 bits per heavy atom. The van der Waals surface area contributed by atoms with E-state index in [0.29, 0.717) is 15.9 Å². The fraction of sp³-hybridized carbons (Fsp3) is 0. The summed E-state index contributed by atoms with van der Waals surface area (Å²) in [4.78, 5) is 20.1. The molecule has 0 N–H and O–H groups in total. The second-order valence-electron chi connectivity index (χ2n) is 6.09. The van der Waals surface area contributed by atoms with Gasteiger partial charge in [0.1, 0.15) is 5.84 Å². The SMILES string of the molecule is O=C1c2c(Br)c(Br)c(Br)c(Br)c2C2=Nc3cc(Br)c(Br)c4c(Br)ccc(c34)N12. The number of halogens is 7. The van der Waals surface area contributed by atoms with Crippen LogP contribution in [-0.2, 0) is 0 Å². The molecule has 28 heavy (non-hydrogen) atoms. The third-order valence-electron chi connectivity index (χ3n) is 4.67. The van der Waals surface area contributed by atoms with E-state index in [1.165, 1.54) is 0 Å². The number of hydrogen-bond acceptors (Lipinski definition) is 2. The van der Waals surface area contributed by atoms with Crippen molar-refractivity contribution in [1.82, 2.24) is 0 Å². The molecule has 1 amide bonds. The number of rotatable bonds is 0. The topological polar surface area (TPSA) is 32.7 Å². The third kappa shape index (κ3) is 2.58. The van der Waals surface area contributed by atoms with Gasteiger partial charge in [0, 0.05) is 47.6 Å². The van der Waals surface area contributed by atoms with Crippen LogP contribution in [0.4, 0.5) is 11.4 Å². The molecule has 0 unspecified atom stereocenters. The van der Waals surface area contributed by atoms with Crippen LogP contribution in [0.25, 0.3) is 10.8 Å². The number of amidine groups is 1. The number of carbonyl (C=O) groups is 1. The van der Waals surface area contributed by atoms with Crippen molar-refractivity contribution in [2.45, 2.75) is 0 Å². The lowest BCUT2D eigenvalue weighted by atomic mass is 10.0. The van der Waals surface area contributed by atoms with Crippen LogP contribution in [0.2, 0.25) is 0 Å². The van der Waals surface area contributed by atoms with Crippen LogP contribution in [0.15, 0.2) is 54.5 Å². The molecule has 5 rings (SSSR count). The number of anilines is 1. The smallest absolute Gasteiger partial charge is 0.266 e. The van der Waals surface area contributed by atoms with Gasteiger partial charge in [-0.3, -0.25) is 9.69 Å². The minimum absolute atomic E-state index is 0.122. The lowest BCUT2D eigenvalue weighted by Gasteiger charge is -2.26. The van der Waals surface area contributed by atoms with Crippen LogP contribution in [0.1, 0.15) is 15.9 Å². The van der Waals surface area contributed by atoms with Crippen molar-refractivity contribution in [3.05, 3.63) is 60.6 Å². The fourth-order valence-electron chi connectivity index (χ4n) is 3.50. The highest BCUT2D eigenvalue weighted by atomic mass is 79.9. The zero-order valence-electron chi connectivity index (χ0n) is 13.2. The van der Waals surface area contributed by atoms with E-state index in [2.05, 4.69) is 112 Å². The molecule has 0 saturated heterocycles. The Morgan fingerprint density at radius 2 is 1.36 bits per heavy atom. The molecule has 2 aliphatic heterocycles. The molecule has 0 radical (unpaired) electrons. The minimum atomic E-state index is -0.122. The number of amides is 1. The Bertz CT molecular complexity index is 1320. The molecule has 2 aliphatic rings. The van der Waals surface area contributed by atoms with Crippen LogP contribution < -0.4 is 4.90 Å². The van der Waals surface area contributed by atoms with Gasteiger partial charge in [0.25, 0.3) is 5.91 Å². The largest absolute Gasteiger partial charge is 0.268 e. The zero-order valence-corrected chi connectivity index (χ0v) is 24.3. The summed E-state index contributed by atoms with van der Waals surface area (Å²) in [5, 5.41) is 1.88. The highest BCUT2D eigenvalue weighted by Crippen LogP contribution is 2.52. The fourth-order valence-corrected chi connectivity index (χ4v) is 7.70. The first-order chi connectivity index (χ1) is 13.2. The van der Waals surface area contributed by atoms with E-state index >= 15 is 0 Å². The van der Waals surface area contributed by atoms with Crippen LogP contribution >= 0.6 is 112 Å². The van der Waals surface area contributed by atoms with E-state index in [4.69, 9.17) is 4.99 Å². The molecule has 3 aromatic carbocycles. The Hall–Kier alpha value is 0.420. The number of hydrogen-bond donors (Lipinski definition) is 0. The molecule has 140 valence electrons. The number of nitrogens with zero attached hydrogens (tertiary/aromatic N) is 2. The third-order valence-corrected chi connectivity index (χ3v) is 12.1. The van der Waals surface area contributed by atoms with Crippen LogP contribution in [0.5, 0.6) is 0 Å². The lowest BCUT2D eigenvalue weighted by Crippen LogP contribution is -2.31. The Balaban J connectivity index is 1.95. The number of fused-ring (bicyclic) bond motifs is 4. The maximum Gasteiger partial charge on any atom is 0.266 e. The standard InChI is InChI=1S/C18H3Br7N2O/c19-4-1-2-7-9-6(3-5(20)12(21)8(4)9)26-17-10-11(18(28)27(7)17)14(23)16(25)15(24)13(10)22/h1-3H. The number of carbonyl (C=O) groups excluding carboxylic acids is 1. The van der Waals surface area contributed by atoms with Gasteiger partial charge in [0.2, 0.25) is 0 Å². The lowest BCUT2D eigenvalue weighted by molar-refractivity contribution is 0.101. The van der Waals surface area contributed by atoms with Crippen molar-refractivity contribution in [2.24, 2.45) is 4.99 Å². The highest BCUT2D eigenvalue weighted by molar-refractivity contribution is 9.15. The van der Waals surface area contributed by atoms with Gasteiger partial charge in [0.15, 0.2) is 0 Å². The molecular formula is C18H3Br7N2O. The van der Waals surface area contributed by atoms with Gasteiger partial charge in [0.05, 0.1) is 16.9 Å². The maximum atomic E-state index is 13.5. The molecule has 3 aromatic rings. The maximum absolute atomic E-state index is 13.5. The zero-order chi connectivity index (χ0) is 20.1. The molecule has 0 atom stereocenters. The van der Waals surface area contributed by atoms with E-state index in [1.54, 1.807) is 4.90 Å². The first-order valence-corrected chi connectivity index (χ1v) is 13.2. The van der Waals surface area contributed by atoms with E-state index in [0.717, 1.165) is 54.5 Å². The van der Waals surface area contributed by atoms with Crippen LogP contribution in [-0.4, -0.2) is 11.7 Å². The van der Waals surface area contributed by atoms with Crippen molar-refractivity contribution in [3.63, 3.8) is 0 Å². The van der Waals surface area contributed by atoms with Gasteiger partial charge in [-0.05, 0) is 114 Å². The molecule has 3 nitrogen and oxygen atoms in total. The predicted octanol–water partition coefficient (Wildman–Crippen LogP) is 9.23. The van der Waals surface area contributed by atoms with Crippen molar-refractivity contribution >= 4 is 145 Å². The summed E-state index contributed by atoms with van der Waals surface area (Å²) >= 11 is 25.2. The summed E-state index contributed by atoms with van der Waals surface area (Å²) in [6, 6.07) is 5.86. The normalized spacial score (nSPS) is 14.5. The molecule has 0 aliphatic carbocycles. The molecule has 2 heterocycles. The van der Waals surface area contributed by atoms with Gasteiger partial charge < -0.3 is 0 Å². The molecule has 10 heteroatoms. The molecule has 0 spiro atoms. The van der Waals surface area contributed by atoms with Gasteiger partial charge >= 0.3 is 0 Å². The van der Waals surface area contributed by atoms with Crippen molar-refractivity contribution in [3.8, 4) is 0 Å². The van der Waals surface area contributed by atoms with Crippen LogP contribution in [0.3, 0.4) is 0 Å². The summed E-state index contributed by atoms with van der Waals surface area (Å²) in [5.74, 6) is 0.481. The van der Waals surface area contributed by atoms with Crippen LogP contribution in [0, 0.1) is 0 Å². The molecule has 0 saturated carbocycles. The second-order valence-corrected chi connectivity index (χ2v) is 11.8. The summed E-state index contributed by atoms with van der Waals surface area (Å²) in [5.41, 5.74) is 2.93. The summed E-state index contributed by atoms with van der Waals surface area (Å²) in [7, 11) is 0. The Labute approximate surface area is 218 Å².